The number of allylic oxidation sites excluding steroid dienone is 2. The standard InChI is InChI=1S/C72H141NO5/c1-3-5-7-9-11-13-15-16-17-18-19-20-26-29-32-35-38-41-45-48-52-56-60-64-70(75)69(68-74)73-71(76)65-61-57-53-49-46-42-39-36-33-30-27-24-22-21-23-25-28-31-34-37-40-43-47-51-55-59-63-67-78-72(77)66-62-58-54-50-44-14-12-10-8-6-4-2/h10,12,69-70,74-75H,3-9,11,13-68H2,1-2H3,(H,73,76)/b12-10-. The van der Waals surface area contributed by atoms with Crippen molar-refractivity contribution in [2.75, 3.05) is 13.2 Å². The Morgan fingerprint density at radius 2 is 0.615 bits per heavy atom. The van der Waals surface area contributed by atoms with Crippen LogP contribution in [0.5, 0.6) is 0 Å². The first-order valence-electron chi connectivity index (χ1n) is 35.9. The van der Waals surface area contributed by atoms with Crippen LogP contribution in [0.1, 0.15) is 412 Å². The first kappa shape index (κ1) is 76.6. The molecule has 464 valence electrons. The van der Waals surface area contributed by atoms with Crippen LogP contribution < -0.4 is 5.32 Å². The van der Waals surface area contributed by atoms with Gasteiger partial charge in [-0.1, -0.05) is 366 Å². The van der Waals surface area contributed by atoms with Crippen molar-refractivity contribution in [3.63, 3.8) is 0 Å². The number of ether oxygens (including phenoxy) is 1. The van der Waals surface area contributed by atoms with E-state index in [9.17, 15) is 19.8 Å². The zero-order chi connectivity index (χ0) is 56.4. The molecule has 0 saturated carbocycles. The molecule has 0 radical (unpaired) electrons. The molecule has 0 heterocycles. The topological polar surface area (TPSA) is 95.9 Å². The van der Waals surface area contributed by atoms with Crippen LogP contribution in [0.3, 0.4) is 0 Å². The highest BCUT2D eigenvalue weighted by Crippen LogP contribution is 2.20. The highest BCUT2D eigenvalue weighted by atomic mass is 16.5. The quantitative estimate of drug-likeness (QED) is 0.0320. The lowest BCUT2D eigenvalue weighted by molar-refractivity contribution is -0.143. The zero-order valence-electron chi connectivity index (χ0n) is 53.2. The number of carbonyl (C=O) groups is 2. The molecular formula is C72H141NO5. The molecule has 2 unspecified atom stereocenters. The third-order valence-electron chi connectivity index (χ3n) is 17.1. The minimum atomic E-state index is -0.663. The Morgan fingerprint density at radius 1 is 0.346 bits per heavy atom. The Bertz CT molecular complexity index is 1180. The van der Waals surface area contributed by atoms with Gasteiger partial charge >= 0.3 is 5.97 Å². The number of rotatable bonds is 68. The molecule has 78 heavy (non-hydrogen) atoms. The summed E-state index contributed by atoms with van der Waals surface area (Å²) in [4.78, 5) is 24.6. The van der Waals surface area contributed by atoms with Crippen LogP contribution in [-0.2, 0) is 14.3 Å². The molecule has 0 saturated heterocycles. The van der Waals surface area contributed by atoms with Gasteiger partial charge in [-0.2, -0.15) is 0 Å². The highest BCUT2D eigenvalue weighted by Gasteiger charge is 2.20. The van der Waals surface area contributed by atoms with Crippen molar-refractivity contribution in [3.8, 4) is 0 Å². The largest absolute Gasteiger partial charge is 0.466 e. The van der Waals surface area contributed by atoms with E-state index in [0.29, 0.717) is 25.9 Å². The number of aliphatic hydroxyl groups is 2. The molecule has 0 aromatic heterocycles. The Kier molecular flexibility index (Phi) is 66.9. The molecule has 0 aromatic rings. The van der Waals surface area contributed by atoms with E-state index < -0.39 is 12.1 Å². The molecule has 0 aliphatic rings. The average Bonchev–Trinajstić information content (AvgIpc) is 3.44. The van der Waals surface area contributed by atoms with E-state index in [0.717, 1.165) is 44.9 Å². The van der Waals surface area contributed by atoms with Crippen LogP contribution in [0.25, 0.3) is 0 Å². The average molecular weight is 1100 g/mol. The highest BCUT2D eigenvalue weighted by molar-refractivity contribution is 5.76. The van der Waals surface area contributed by atoms with Crippen molar-refractivity contribution in [1.82, 2.24) is 5.32 Å². The van der Waals surface area contributed by atoms with Crippen LogP contribution >= 0.6 is 0 Å². The van der Waals surface area contributed by atoms with Crippen LogP contribution in [0.4, 0.5) is 0 Å². The van der Waals surface area contributed by atoms with Gasteiger partial charge < -0.3 is 20.3 Å². The second-order valence-electron chi connectivity index (χ2n) is 24.9. The Morgan fingerprint density at radius 3 is 0.949 bits per heavy atom. The molecule has 0 aliphatic carbocycles. The first-order valence-corrected chi connectivity index (χ1v) is 35.9. The van der Waals surface area contributed by atoms with E-state index in [2.05, 4.69) is 31.3 Å². The molecule has 0 aromatic carbocycles. The predicted octanol–water partition coefficient (Wildman–Crippen LogP) is 23.1. The van der Waals surface area contributed by atoms with Gasteiger partial charge in [0, 0.05) is 12.8 Å². The maximum atomic E-state index is 12.6. The molecule has 1 amide bonds. The number of nitrogens with one attached hydrogen (secondary N) is 1. The lowest BCUT2D eigenvalue weighted by atomic mass is 10.0. The summed E-state index contributed by atoms with van der Waals surface area (Å²) in [5, 5.41) is 23.4. The number of hydrogen-bond acceptors (Lipinski definition) is 5. The molecule has 3 N–H and O–H groups in total. The number of aliphatic hydroxyl groups excluding tert-OH is 2. The van der Waals surface area contributed by atoms with Crippen molar-refractivity contribution >= 4 is 11.9 Å². The van der Waals surface area contributed by atoms with Crippen molar-refractivity contribution in [3.05, 3.63) is 12.2 Å². The van der Waals surface area contributed by atoms with Gasteiger partial charge in [0.15, 0.2) is 0 Å². The SMILES string of the molecule is CCCC/C=C\CCCCCCCC(=O)OCCCCCCCCCCCCCCCCCCCCCCCCCCCCCC(=O)NC(CO)C(O)CCCCCCCCCCCCCCCCCCCCCCCCC. The van der Waals surface area contributed by atoms with Gasteiger partial charge in [-0.3, -0.25) is 9.59 Å². The predicted molar refractivity (Wildman–Crippen MR) is 343 cm³/mol. The zero-order valence-corrected chi connectivity index (χ0v) is 53.2. The number of hydrogen-bond donors (Lipinski definition) is 3. The normalized spacial score (nSPS) is 12.5. The van der Waals surface area contributed by atoms with Crippen molar-refractivity contribution in [1.29, 1.82) is 0 Å². The van der Waals surface area contributed by atoms with E-state index in [1.807, 2.05) is 0 Å². The van der Waals surface area contributed by atoms with Gasteiger partial charge in [0.25, 0.3) is 0 Å². The summed E-state index contributed by atoms with van der Waals surface area (Å²) in [6.45, 7) is 4.96. The van der Waals surface area contributed by atoms with E-state index in [1.54, 1.807) is 0 Å². The van der Waals surface area contributed by atoms with Crippen LogP contribution in [-0.4, -0.2) is 47.4 Å². The van der Waals surface area contributed by atoms with Gasteiger partial charge in [0.05, 0.1) is 25.4 Å². The molecule has 0 rings (SSSR count). The van der Waals surface area contributed by atoms with Gasteiger partial charge in [0.2, 0.25) is 5.91 Å². The Balaban J connectivity index is 3.35. The number of esters is 1. The van der Waals surface area contributed by atoms with E-state index in [-0.39, 0.29) is 18.5 Å². The Labute approximate surface area is 489 Å². The summed E-state index contributed by atoms with van der Waals surface area (Å²) < 4.78 is 5.47. The molecule has 2 atom stereocenters. The molecule has 0 fully saturated rings. The van der Waals surface area contributed by atoms with Gasteiger partial charge in [0.1, 0.15) is 0 Å². The maximum Gasteiger partial charge on any atom is 0.305 e. The molecule has 6 heteroatoms. The summed E-state index contributed by atoms with van der Waals surface area (Å²) in [6, 6.07) is -0.540. The van der Waals surface area contributed by atoms with Gasteiger partial charge in [-0.15, -0.1) is 0 Å². The number of carbonyl (C=O) groups excluding carboxylic acids is 2. The fourth-order valence-electron chi connectivity index (χ4n) is 11.6. The second kappa shape index (κ2) is 68.1. The van der Waals surface area contributed by atoms with E-state index >= 15 is 0 Å². The molecular weight excluding hydrogens is 959 g/mol. The number of amides is 1. The second-order valence-corrected chi connectivity index (χ2v) is 24.9. The summed E-state index contributed by atoms with van der Waals surface area (Å²) in [7, 11) is 0. The maximum absolute atomic E-state index is 12.6. The third kappa shape index (κ3) is 63.8. The summed E-state index contributed by atoms with van der Waals surface area (Å²) >= 11 is 0. The molecule has 0 bridgehead atoms. The van der Waals surface area contributed by atoms with Crippen LogP contribution in [0, 0.1) is 0 Å². The van der Waals surface area contributed by atoms with Crippen molar-refractivity contribution in [2.45, 2.75) is 424 Å². The van der Waals surface area contributed by atoms with Gasteiger partial charge in [-0.25, -0.2) is 0 Å². The van der Waals surface area contributed by atoms with Gasteiger partial charge in [-0.05, 0) is 44.9 Å². The molecule has 0 aliphatic heterocycles. The fourth-order valence-corrected chi connectivity index (χ4v) is 11.6. The summed E-state index contributed by atoms with van der Waals surface area (Å²) in [5.41, 5.74) is 0. The molecule has 6 nitrogen and oxygen atoms in total. The van der Waals surface area contributed by atoms with Crippen LogP contribution in [0.15, 0.2) is 12.2 Å². The lowest BCUT2D eigenvalue weighted by Crippen LogP contribution is -2.45. The first-order chi connectivity index (χ1) is 38.5. The van der Waals surface area contributed by atoms with E-state index in [1.165, 1.54) is 334 Å². The minimum Gasteiger partial charge on any atom is -0.466 e. The van der Waals surface area contributed by atoms with E-state index in [4.69, 9.17) is 4.74 Å². The smallest absolute Gasteiger partial charge is 0.305 e. The summed E-state index contributed by atoms with van der Waals surface area (Å²) in [6.07, 6.45) is 84.1. The fraction of sp³-hybridized carbons (Fsp3) is 0.944. The van der Waals surface area contributed by atoms with Crippen molar-refractivity contribution < 1.29 is 24.5 Å². The lowest BCUT2D eigenvalue weighted by Gasteiger charge is -2.22. The molecule has 0 spiro atoms. The van der Waals surface area contributed by atoms with Crippen molar-refractivity contribution in [2.24, 2.45) is 0 Å². The number of unbranched alkanes of at least 4 members (excludes halogenated alkanes) is 55. The monoisotopic (exact) mass is 1100 g/mol. The Hall–Kier alpha value is -1.40. The minimum absolute atomic E-state index is 0.00795. The van der Waals surface area contributed by atoms with Crippen LogP contribution in [0.2, 0.25) is 0 Å². The summed E-state index contributed by atoms with van der Waals surface area (Å²) in [5.74, 6) is -0.0190. The third-order valence-corrected chi connectivity index (χ3v) is 17.1.